The monoisotopic (exact) mass is 232 g/mol. The van der Waals surface area contributed by atoms with E-state index in [9.17, 15) is 9.18 Å². The molecule has 0 aliphatic heterocycles. The van der Waals surface area contributed by atoms with Crippen LogP contribution in [0.15, 0.2) is 30.6 Å². The molecule has 1 aromatic heterocycles. The lowest BCUT2D eigenvalue weighted by atomic mass is 10.0. The number of nitrogens with zero attached hydrogens (tertiary/aromatic N) is 2. The molecule has 0 unspecified atom stereocenters. The number of halogens is 1. The predicted molar refractivity (Wildman–Crippen MR) is 62.4 cm³/mol. The summed E-state index contributed by atoms with van der Waals surface area (Å²) in [6, 6.07) is 4.54. The van der Waals surface area contributed by atoms with Gasteiger partial charge in [0.15, 0.2) is 5.78 Å². The quantitative estimate of drug-likeness (QED) is 0.761. The van der Waals surface area contributed by atoms with E-state index in [0.29, 0.717) is 5.82 Å². The average molecular weight is 232 g/mol. The molecule has 0 fully saturated rings. The molecule has 0 saturated carbocycles. The maximum atomic E-state index is 13.5. The number of rotatable bonds is 3. The smallest absolute Gasteiger partial charge is 0.173 e. The maximum absolute atomic E-state index is 13.5. The Kier molecular flexibility index (Phi) is 3.04. The van der Waals surface area contributed by atoms with Crippen LogP contribution in [-0.2, 0) is 13.5 Å². The Morgan fingerprint density at radius 2 is 2.24 bits per heavy atom. The molecule has 1 aromatic carbocycles. The van der Waals surface area contributed by atoms with Crippen molar-refractivity contribution >= 4 is 5.78 Å². The summed E-state index contributed by atoms with van der Waals surface area (Å²) in [5.41, 5.74) is 1.00. The first-order valence-electron chi connectivity index (χ1n) is 5.33. The third kappa shape index (κ3) is 2.41. The molecule has 0 saturated heterocycles. The van der Waals surface area contributed by atoms with Crippen molar-refractivity contribution in [2.45, 2.75) is 13.3 Å². The fraction of sp³-hybridized carbons (Fsp3) is 0.231. The fourth-order valence-corrected chi connectivity index (χ4v) is 1.66. The van der Waals surface area contributed by atoms with Crippen LogP contribution in [-0.4, -0.2) is 15.3 Å². The Balaban J connectivity index is 2.26. The van der Waals surface area contributed by atoms with Crippen molar-refractivity contribution in [3.05, 3.63) is 53.4 Å². The third-order valence-electron chi connectivity index (χ3n) is 2.66. The molecule has 88 valence electrons. The van der Waals surface area contributed by atoms with Crippen molar-refractivity contribution in [3.8, 4) is 0 Å². The zero-order chi connectivity index (χ0) is 12.4. The zero-order valence-electron chi connectivity index (χ0n) is 9.77. The highest BCUT2D eigenvalue weighted by atomic mass is 19.1. The molecule has 4 heteroatoms. The van der Waals surface area contributed by atoms with E-state index in [4.69, 9.17) is 0 Å². The van der Waals surface area contributed by atoms with Gasteiger partial charge in [0.25, 0.3) is 0 Å². The number of aryl methyl sites for hydroxylation is 2. The number of Topliss-reactive ketones (excluding diaryl/α,β-unsaturated/α-hetero) is 1. The SMILES string of the molecule is Cc1ccc(F)c(C(=O)Cc2nccn2C)c1. The summed E-state index contributed by atoms with van der Waals surface area (Å²) in [5, 5.41) is 0. The van der Waals surface area contributed by atoms with Gasteiger partial charge in [-0.1, -0.05) is 11.6 Å². The summed E-state index contributed by atoms with van der Waals surface area (Å²) in [4.78, 5) is 16.0. The van der Waals surface area contributed by atoms with Crippen molar-refractivity contribution in [1.29, 1.82) is 0 Å². The normalized spacial score (nSPS) is 10.5. The van der Waals surface area contributed by atoms with E-state index < -0.39 is 5.82 Å². The van der Waals surface area contributed by atoms with Crippen LogP contribution < -0.4 is 0 Å². The number of aromatic nitrogens is 2. The van der Waals surface area contributed by atoms with Crippen molar-refractivity contribution in [2.24, 2.45) is 7.05 Å². The van der Waals surface area contributed by atoms with E-state index in [0.717, 1.165) is 5.56 Å². The second-order valence-electron chi connectivity index (χ2n) is 4.04. The lowest BCUT2D eigenvalue weighted by molar-refractivity contribution is 0.0986. The Hall–Kier alpha value is -1.97. The lowest BCUT2D eigenvalue weighted by Gasteiger charge is -2.04. The molecule has 17 heavy (non-hydrogen) atoms. The molecule has 0 N–H and O–H groups in total. The number of hydrogen-bond acceptors (Lipinski definition) is 2. The van der Waals surface area contributed by atoms with Gasteiger partial charge in [-0.25, -0.2) is 9.37 Å². The molecule has 2 aromatic rings. The molecule has 0 amide bonds. The van der Waals surface area contributed by atoms with Gasteiger partial charge in [0.1, 0.15) is 11.6 Å². The van der Waals surface area contributed by atoms with Gasteiger partial charge < -0.3 is 4.57 Å². The number of carbonyl (C=O) groups excluding carboxylic acids is 1. The van der Waals surface area contributed by atoms with Crippen molar-refractivity contribution in [1.82, 2.24) is 9.55 Å². The van der Waals surface area contributed by atoms with E-state index >= 15 is 0 Å². The summed E-state index contributed by atoms with van der Waals surface area (Å²) >= 11 is 0. The van der Waals surface area contributed by atoms with Crippen LogP contribution in [0.5, 0.6) is 0 Å². The van der Waals surface area contributed by atoms with Gasteiger partial charge in [-0.15, -0.1) is 0 Å². The third-order valence-corrected chi connectivity index (χ3v) is 2.66. The van der Waals surface area contributed by atoms with Gasteiger partial charge >= 0.3 is 0 Å². The predicted octanol–water partition coefficient (Wildman–Crippen LogP) is 2.29. The number of ketones is 1. The largest absolute Gasteiger partial charge is 0.338 e. The van der Waals surface area contributed by atoms with Crippen molar-refractivity contribution in [2.75, 3.05) is 0 Å². The molecule has 3 nitrogen and oxygen atoms in total. The molecule has 0 spiro atoms. The first-order valence-corrected chi connectivity index (χ1v) is 5.33. The Bertz CT molecular complexity index is 560. The Morgan fingerprint density at radius 1 is 1.47 bits per heavy atom. The van der Waals surface area contributed by atoms with Gasteiger partial charge in [-0.3, -0.25) is 4.79 Å². The van der Waals surface area contributed by atoms with Gasteiger partial charge in [0, 0.05) is 19.4 Å². The highest BCUT2D eigenvalue weighted by molar-refractivity contribution is 5.97. The number of carbonyl (C=O) groups is 1. The van der Waals surface area contributed by atoms with Crippen molar-refractivity contribution in [3.63, 3.8) is 0 Å². The summed E-state index contributed by atoms with van der Waals surface area (Å²) in [6.45, 7) is 1.83. The van der Waals surface area contributed by atoms with Crippen molar-refractivity contribution < 1.29 is 9.18 Å². The molecule has 0 aliphatic carbocycles. The molecular formula is C13H13FN2O. The first-order chi connectivity index (χ1) is 8.08. The molecule has 0 atom stereocenters. The highest BCUT2D eigenvalue weighted by Gasteiger charge is 2.14. The van der Waals surface area contributed by atoms with Crippen LogP contribution >= 0.6 is 0 Å². The summed E-state index contributed by atoms with van der Waals surface area (Å²) in [6.07, 6.45) is 3.49. The topological polar surface area (TPSA) is 34.9 Å². The standard InChI is InChI=1S/C13H13FN2O/c1-9-3-4-11(14)10(7-9)12(17)8-13-15-5-6-16(13)2/h3-7H,8H2,1-2H3. The molecule has 0 radical (unpaired) electrons. The van der Waals surface area contributed by atoms with E-state index in [-0.39, 0.29) is 17.8 Å². The summed E-state index contributed by atoms with van der Waals surface area (Å²) in [7, 11) is 1.81. The lowest BCUT2D eigenvalue weighted by Crippen LogP contribution is -2.10. The van der Waals surface area contributed by atoms with Gasteiger partial charge in [-0.05, 0) is 19.1 Å². The van der Waals surface area contributed by atoms with E-state index in [2.05, 4.69) is 4.98 Å². The highest BCUT2D eigenvalue weighted by Crippen LogP contribution is 2.12. The minimum atomic E-state index is -0.477. The second kappa shape index (κ2) is 4.49. The van der Waals surface area contributed by atoms with Crippen LogP contribution in [0.25, 0.3) is 0 Å². The second-order valence-corrected chi connectivity index (χ2v) is 4.04. The minimum Gasteiger partial charge on any atom is -0.338 e. The minimum absolute atomic E-state index is 0.115. The maximum Gasteiger partial charge on any atom is 0.173 e. The van der Waals surface area contributed by atoms with E-state index in [1.807, 2.05) is 14.0 Å². The Morgan fingerprint density at radius 3 is 2.88 bits per heavy atom. The van der Waals surface area contributed by atoms with Gasteiger partial charge in [0.2, 0.25) is 0 Å². The van der Waals surface area contributed by atoms with Crippen LogP contribution in [0.2, 0.25) is 0 Å². The van der Waals surface area contributed by atoms with Crippen LogP contribution in [0.3, 0.4) is 0 Å². The van der Waals surface area contributed by atoms with Gasteiger partial charge in [-0.2, -0.15) is 0 Å². The average Bonchev–Trinajstić information content (AvgIpc) is 2.68. The molecule has 0 aliphatic rings. The fourth-order valence-electron chi connectivity index (χ4n) is 1.66. The summed E-state index contributed by atoms with van der Waals surface area (Å²) in [5.74, 6) is -0.0915. The van der Waals surface area contributed by atoms with Crippen LogP contribution in [0.4, 0.5) is 4.39 Å². The molecule has 0 bridgehead atoms. The number of benzene rings is 1. The van der Waals surface area contributed by atoms with E-state index in [1.54, 1.807) is 29.1 Å². The van der Waals surface area contributed by atoms with Gasteiger partial charge in [0.05, 0.1) is 12.0 Å². The molecule has 2 rings (SSSR count). The number of imidazole rings is 1. The van der Waals surface area contributed by atoms with E-state index in [1.165, 1.54) is 6.07 Å². The number of hydrogen-bond donors (Lipinski definition) is 0. The van der Waals surface area contributed by atoms with Crippen LogP contribution in [0.1, 0.15) is 21.7 Å². The molecular weight excluding hydrogens is 219 g/mol. The summed E-state index contributed by atoms with van der Waals surface area (Å²) < 4.78 is 15.3. The first kappa shape index (κ1) is 11.5. The molecule has 1 heterocycles. The van der Waals surface area contributed by atoms with Crippen LogP contribution in [0, 0.1) is 12.7 Å². The Labute approximate surface area is 98.9 Å². The zero-order valence-corrected chi connectivity index (χ0v) is 9.77.